The number of anilines is 1. The highest BCUT2D eigenvalue weighted by atomic mass is 15.2. The van der Waals surface area contributed by atoms with Crippen LogP contribution in [0.15, 0.2) is 42.9 Å². The third-order valence-corrected chi connectivity index (χ3v) is 3.61. The van der Waals surface area contributed by atoms with Gasteiger partial charge < -0.3 is 10.3 Å². The zero-order valence-electron chi connectivity index (χ0n) is 11.6. The van der Waals surface area contributed by atoms with Crippen molar-refractivity contribution < 1.29 is 0 Å². The molecule has 104 valence electrons. The van der Waals surface area contributed by atoms with Gasteiger partial charge in [0.15, 0.2) is 0 Å². The molecule has 0 aliphatic carbocycles. The normalized spacial score (nSPS) is 11.5. The van der Waals surface area contributed by atoms with Crippen molar-refractivity contribution in [2.75, 3.05) is 5.73 Å². The first-order valence-electron chi connectivity index (χ1n) is 6.69. The molecular formula is C15H14N6. The van der Waals surface area contributed by atoms with E-state index in [1.54, 1.807) is 10.9 Å². The van der Waals surface area contributed by atoms with E-state index in [1.165, 1.54) is 0 Å². The smallest absolute Gasteiger partial charge is 0.201 e. The number of hydrogen-bond acceptors (Lipinski definition) is 4. The van der Waals surface area contributed by atoms with E-state index in [4.69, 9.17) is 5.73 Å². The number of benzene rings is 1. The third kappa shape index (κ3) is 1.84. The van der Waals surface area contributed by atoms with Crippen molar-refractivity contribution in [3.8, 4) is 0 Å². The SMILES string of the molecule is Cn1cc(Cn2c(N)nc3cnc4ccccc4c32)cn1. The average molecular weight is 278 g/mol. The van der Waals surface area contributed by atoms with Crippen molar-refractivity contribution in [1.82, 2.24) is 24.3 Å². The molecule has 0 unspecified atom stereocenters. The van der Waals surface area contributed by atoms with Crippen molar-refractivity contribution in [2.24, 2.45) is 7.05 Å². The van der Waals surface area contributed by atoms with Gasteiger partial charge in [-0.2, -0.15) is 5.10 Å². The summed E-state index contributed by atoms with van der Waals surface area (Å²) in [6.07, 6.45) is 5.59. The summed E-state index contributed by atoms with van der Waals surface area (Å²) >= 11 is 0. The first-order chi connectivity index (χ1) is 10.2. The molecular weight excluding hydrogens is 264 g/mol. The minimum absolute atomic E-state index is 0.493. The van der Waals surface area contributed by atoms with Crippen LogP contribution in [0.25, 0.3) is 21.9 Å². The number of imidazole rings is 1. The Labute approximate surface area is 120 Å². The Bertz CT molecular complexity index is 949. The molecule has 0 atom stereocenters. The summed E-state index contributed by atoms with van der Waals surface area (Å²) in [7, 11) is 1.90. The van der Waals surface area contributed by atoms with Crippen molar-refractivity contribution in [3.05, 3.63) is 48.4 Å². The van der Waals surface area contributed by atoms with Gasteiger partial charge in [0.1, 0.15) is 5.52 Å². The van der Waals surface area contributed by atoms with Crippen LogP contribution in [0.2, 0.25) is 0 Å². The Hall–Kier alpha value is -2.89. The molecule has 1 aromatic carbocycles. The fourth-order valence-corrected chi connectivity index (χ4v) is 2.68. The summed E-state index contributed by atoms with van der Waals surface area (Å²) in [5.74, 6) is 0.493. The quantitative estimate of drug-likeness (QED) is 0.608. The topological polar surface area (TPSA) is 74.5 Å². The van der Waals surface area contributed by atoms with E-state index in [0.717, 1.165) is 27.5 Å². The van der Waals surface area contributed by atoms with E-state index in [2.05, 4.69) is 15.1 Å². The third-order valence-electron chi connectivity index (χ3n) is 3.61. The highest BCUT2D eigenvalue weighted by molar-refractivity contribution is 6.02. The lowest BCUT2D eigenvalue weighted by atomic mass is 10.2. The Morgan fingerprint density at radius 1 is 1.14 bits per heavy atom. The Balaban J connectivity index is 1.98. The molecule has 3 aromatic heterocycles. The van der Waals surface area contributed by atoms with Crippen LogP contribution in [0.3, 0.4) is 0 Å². The van der Waals surface area contributed by atoms with Gasteiger partial charge in [0, 0.05) is 24.2 Å². The molecule has 0 radical (unpaired) electrons. The summed E-state index contributed by atoms with van der Waals surface area (Å²) < 4.78 is 3.79. The van der Waals surface area contributed by atoms with Gasteiger partial charge in [0.2, 0.25) is 5.95 Å². The number of hydrogen-bond donors (Lipinski definition) is 1. The number of fused-ring (bicyclic) bond motifs is 3. The van der Waals surface area contributed by atoms with Crippen LogP contribution in [0.5, 0.6) is 0 Å². The van der Waals surface area contributed by atoms with Crippen LogP contribution in [0.1, 0.15) is 5.56 Å². The minimum atomic E-state index is 0.493. The maximum atomic E-state index is 6.10. The number of nitrogen functional groups attached to an aromatic ring is 1. The van der Waals surface area contributed by atoms with E-state index in [9.17, 15) is 0 Å². The van der Waals surface area contributed by atoms with Gasteiger partial charge in [-0.3, -0.25) is 9.67 Å². The molecule has 0 amide bonds. The fraction of sp³-hybridized carbons (Fsp3) is 0.133. The monoisotopic (exact) mass is 278 g/mol. The molecule has 0 aliphatic rings. The molecule has 2 N–H and O–H groups in total. The first-order valence-corrected chi connectivity index (χ1v) is 6.69. The molecule has 0 bridgehead atoms. The highest BCUT2D eigenvalue weighted by Crippen LogP contribution is 2.26. The molecule has 0 saturated heterocycles. The zero-order valence-corrected chi connectivity index (χ0v) is 11.6. The summed E-state index contributed by atoms with van der Waals surface area (Å²) in [6, 6.07) is 8.02. The van der Waals surface area contributed by atoms with Gasteiger partial charge in [-0.05, 0) is 6.07 Å². The van der Waals surface area contributed by atoms with Crippen molar-refractivity contribution in [3.63, 3.8) is 0 Å². The number of aromatic nitrogens is 5. The maximum absolute atomic E-state index is 6.10. The fourth-order valence-electron chi connectivity index (χ4n) is 2.68. The van der Waals surface area contributed by atoms with Crippen LogP contribution >= 0.6 is 0 Å². The van der Waals surface area contributed by atoms with Crippen LogP contribution in [-0.4, -0.2) is 24.3 Å². The molecule has 6 nitrogen and oxygen atoms in total. The minimum Gasteiger partial charge on any atom is -0.369 e. The van der Waals surface area contributed by atoms with E-state index in [-0.39, 0.29) is 0 Å². The molecule has 6 heteroatoms. The number of nitrogens with two attached hydrogens (primary N) is 1. The molecule has 3 heterocycles. The number of aryl methyl sites for hydroxylation is 1. The lowest BCUT2D eigenvalue weighted by Crippen LogP contribution is -2.04. The second-order valence-electron chi connectivity index (χ2n) is 5.09. The molecule has 4 rings (SSSR count). The van der Waals surface area contributed by atoms with Crippen LogP contribution in [0, 0.1) is 0 Å². The van der Waals surface area contributed by atoms with E-state index < -0.39 is 0 Å². The first kappa shape index (κ1) is 11.9. The number of nitrogens with zero attached hydrogens (tertiary/aromatic N) is 5. The number of para-hydroxylation sites is 1. The van der Waals surface area contributed by atoms with Gasteiger partial charge in [-0.1, -0.05) is 18.2 Å². The maximum Gasteiger partial charge on any atom is 0.201 e. The lowest BCUT2D eigenvalue weighted by Gasteiger charge is -2.06. The van der Waals surface area contributed by atoms with Gasteiger partial charge in [-0.15, -0.1) is 0 Å². The molecule has 0 saturated carbocycles. The summed E-state index contributed by atoms with van der Waals surface area (Å²) in [6.45, 7) is 0.643. The zero-order chi connectivity index (χ0) is 14.4. The Kier molecular flexibility index (Phi) is 2.44. The Morgan fingerprint density at radius 3 is 2.81 bits per heavy atom. The van der Waals surface area contributed by atoms with E-state index in [0.29, 0.717) is 12.5 Å². The largest absolute Gasteiger partial charge is 0.369 e. The van der Waals surface area contributed by atoms with Crippen LogP contribution in [-0.2, 0) is 13.6 Å². The van der Waals surface area contributed by atoms with Crippen molar-refractivity contribution in [1.29, 1.82) is 0 Å². The molecule has 21 heavy (non-hydrogen) atoms. The van der Waals surface area contributed by atoms with Gasteiger partial charge in [-0.25, -0.2) is 4.98 Å². The summed E-state index contributed by atoms with van der Waals surface area (Å²) in [5.41, 5.74) is 9.96. The predicted molar refractivity (Wildman–Crippen MR) is 81.8 cm³/mol. The lowest BCUT2D eigenvalue weighted by molar-refractivity contribution is 0.765. The van der Waals surface area contributed by atoms with Gasteiger partial charge in [0.05, 0.1) is 30.0 Å². The van der Waals surface area contributed by atoms with Crippen LogP contribution < -0.4 is 5.73 Å². The molecule has 0 spiro atoms. The van der Waals surface area contributed by atoms with Crippen molar-refractivity contribution >= 4 is 27.9 Å². The second-order valence-corrected chi connectivity index (χ2v) is 5.09. The predicted octanol–water partition coefficient (Wildman–Crippen LogP) is 1.95. The van der Waals surface area contributed by atoms with Gasteiger partial charge >= 0.3 is 0 Å². The summed E-state index contributed by atoms with van der Waals surface area (Å²) in [4.78, 5) is 8.84. The standard InChI is InChI=1S/C15H14N6/c1-20-8-10(6-18-20)9-21-14-11-4-2-3-5-12(11)17-7-13(14)19-15(21)16/h2-8H,9H2,1H3,(H2,16,19). The molecule has 0 aliphatic heterocycles. The average Bonchev–Trinajstić information content (AvgIpc) is 3.03. The number of pyridine rings is 1. The van der Waals surface area contributed by atoms with Gasteiger partial charge in [0.25, 0.3) is 0 Å². The summed E-state index contributed by atoms with van der Waals surface area (Å²) in [5, 5.41) is 5.26. The van der Waals surface area contributed by atoms with E-state index in [1.807, 2.05) is 48.3 Å². The van der Waals surface area contributed by atoms with Crippen LogP contribution in [0.4, 0.5) is 5.95 Å². The number of rotatable bonds is 2. The highest BCUT2D eigenvalue weighted by Gasteiger charge is 2.13. The Morgan fingerprint density at radius 2 is 2.00 bits per heavy atom. The van der Waals surface area contributed by atoms with Crippen molar-refractivity contribution in [2.45, 2.75) is 6.54 Å². The molecule has 0 fully saturated rings. The second kappa shape index (κ2) is 4.31. The molecule has 4 aromatic rings. The van der Waals surface area contributed by atoms with E-state index >= 15 is 0 Å².